The van der Waals surface area contributed by atoms with E-state index in [1.54, 1.807) is 18.7 Å². The molecule has 1 fully saturated rings. The number of nitrogens with zero attached hydrogens (tertiary/aromatic N) is 2. The van der Waals surface area contributed by atoms with Crippen LogP contribution in [0.25, 0.3) is 0 Å². The Balaban J connectivity index is 2.64. The Kier molecular flexibility index (Phi) is 3.53. The summed E-state index contributed by atoms with van der Waals surface area (Å²) in [5.74, 6) is -0.755. The van der Waals surface area contributed by atoms with Crippen LogP contribution in [0.1, 0.15) is 20.3 Å². The van der Waals surface area contributed by atoms with E-state index in [9.17, 15) is 9.59 Å². The third-order valence-corrected chi connectivity index (χ3v) is 2.82. The maximum Gasteiger partial charge on any atom is 0.310 e. The molecule has 0 saturated carbocycles. The molecule has 1 rings (SSSR count). The van der Waals surface area contributed by atoms with Crippen molar-refractivity contribution < 1.29 is 14.3 Å². The minimum absolute atomic E-state index is 0.221. The van der Waals surface area contributed by atoms with Crippen LogP contribution in [0.5, 0.6) is 0 Å². The van der Waals surface area contributed by atoms with Gasteiger partial charge >= 0.3 is 5.97 Å². The van der Waals surface area contributed by atoms with Gasteiger partial charge in [0.2, 0.25) is 5.91 Å². The van der Waals surface area contributed by atoms with E-state index >= 15 is 0 Å². The molecule has 16 heavy (non-hydrogen) atoms. The van der Waals surface area contributed by atoms with Gasteiger partial charge in [-0.1, -0.05) is 0 Å². The number of carbonyl (C=O) groups is 2. The van der Waals surface area contributed by atoms with E-state index in [0.29, 0.717) is 19.5 Å². The van der Waals surface area contributed by atoms with Crippen molar-refractivity contribution in [1.29, 1.82) is 5.26 Å². The van der Waals surface area contributed by atoms with Gasteiger partial charge in [0.05, 0.1) is 19.1 Å². The topological polar surface area (TPSA) is 70.4 Å². The second-order valence-electron chi connectivity index (χ2n) is 4.50. The number of esters is 1. The van der Waals surface area contributed by atoms with Gasteiger partial charge in [0.1, 0.15) is 5.41 Å². The molecule has 0 aromatic heterocycles. The highest BCUT2D eigenvalue weighted by Crippen LogP contribution is 2.24. The lowest BCUT2D eigenvalue weighted by Crippen LogP contribution is -2.39. The van der Waals surface area contributed by atoms with Crippen LogP contribution in [0.3, 0.4) is 0 Å². The van der Waals surface area contributed by atoms with E-state index in [1.807, 2.05) is 6.07 Å². The first kappa shape index (κ1) is 12.5. The van der Waals surface area contributed by atoms with Crippen molar-refractivity contribution in [3.8, 4) is 6.07 Å². The maximum absolute atomic E-state index is 11.9. The molecule has 5 nitrogen and oxygen atoms in total. The summed E-state index contributed by atoms with van der Waals surface area (Å²) >= 11 is 0. The van der Waals surface area contributed by atoms with Crippen LogP contribution in [0.2, 0.25) is 0 Å². The highest BCUT2D eigenvalue weighted by Gasteiger charge is 2.38. The van der Waals surface area contributed by atoms with Gasteiger partial charge in [-0.3, -0.25) is 9.59 Å². The SMILES string of the molecule is COC(=O)C1CCN(C(=O)C(C)(C)C#N)C1. The molecule has 1 unspecified atom stereocenters. The van der Waals surface area contributed by atoms with Crippen LogP contribution < -0.4 is 0 Å². The number of ether oxygens (including phenoxy) is 1. The van der Waals surface area contributed by atoms with Gasteiger partial charge in [-0.15, -0.1) is 0 Å². The van der Waals surface area contributed by atoms with Crippen molar-refractivity contribution in [2.45, 2.75) is 20.3 Å². The zero-order chi connectivity index (χ0) is 12.3. The number of amides is 1. The zero-order valence-corrected chi connectivity index (χ0v) is 9.82. The quantitative estimate of drug-likeness (QED) is 0.642. The normalized spacial score (nSPS) is 20.4. The molecule has 1 heterocycles. The smallest absolute Gasteiger partial charge is 0.310 e. The number of hydrogen-bond donors (Lipinski definition) is 0. The molecule has 1 atom stereocenters. The zero-order valence-electron chi connectivity index (χ0n) is 9.82. The largest absolute Gasteiger partial charge is 0.469 e. The van der Waals surface area contributed by atoms with Crippen LogP contribution in [0.4, 0.5) is 0 Å². The van der Waals surface area contributed by atoms with E-state index in [-0.39, 0.29) is 17.8 Å². The molecule has 0 spiro atoms. The first-order chi connectivity index (χ1) is 7.42. The molecular formula is C11H16N2O3. The van der Waals surface area contributed by atoms with E-state index in [1.165, 1.54) is 7.11 Å². The third kappa shape index (κ3) is 2.32. The Morgan fingerprint density at radius 2 is 2.12 bits per heavy atom. The van der Waals surface area contributed by atoms with Crippen molar-refractivity contribution in [3.05, 3.63) is 0 Å². The summed E-state index contributed by atoms with van der Waals surface area (Å²) < 4.78 is 4.63. The van der Waals surface area contributed by atoms with Gasteiger partial charge in [0.25, 0.3) is 0 Å². The van der Waals surface area contributed by atoms with Crippen LogP contribution in [-0.4, -0.2) is 37.0 Å². The second kappa shape index (κ2) is 4.52. The number of methoxy groups -OCH3 is 1. The summed E-state index contributed by atoms with van der Waals surface area (Å²) in [6.07, 6.45) is 0.611. The Bertz CT molecular complexity index is 344. The van der Waals surface area contributed by atoms with Gasteiger partial charge in [-0.2, -0.15) is 5.26 Å². The Hall–Kier alpha value is -1.57. The monoisotopic (exact) mass is 224 g/mol. The van der Waals surface area contributed by atoms with Crippen LogP contribution in [0, 0.1) is 22.7 Å². The Morgan fingerprint density at radius 1 is 1.50 bits per heavy atom. The highest BCUT2D eigenvalue weighted by molar-refractivity contribution is 5.85. The van der Waals surface area contributed by atoms with E-state index < -0.39 is 5.41 Å². The van der Waals surface area contributed by atoms with E-state index in [4.69, 9.17) is 5.26 Å². The van der Waals surface area contributed by atoms with E-state index in [2.05, 4.69) is 4.74 Å². The fourth-order valence-corrected chi connectivity index (χ4v) is 1.75. The molecule has 0 aromatic rings. The number of rotatable bonds is 2. The molecule has 5 heteroatoms. The lowest BCUT2D eigenvalue weighted by atomic mass is 9.94. The van der Waals surface area contributed by atoms with E-state index in [0.717, 1.165) is 0 Å². The number of nitriles is 1. The lowest BCUT2D eigenvalue weighted by molar-refractivity contribution is -0.145. The molecule has 0 aliphatic carbocycles. The predicted octanol–water partition coefficient (Wildman–Crippen LogP) is 0.558. The Labute approximate surface area is 95.0 Å². The summed E-state index contributed by atoms with van der Waals surface area (Å²) in [6.45, 7) is 4.04. The second-order valence-corrected chi connectivity index (χ2v) is 4.50. The summed E-state index contributed by atoms with van der Waals surface area (Å²) in [5, 5.41) is 8.86. The van der Waals surface area contributed by atoms with Crippen molar-refractivity contribution >= 4 is 11.9 Å². The fraction of sp³-hybridized carbons (Fsp3) is 0.727. The summed E-state index contributed by atoms with van der Waals surface area (Å²) in [4.78, 5) is 24.7. The first-order valence-corrected chi connectivity index (χ1v) is 5.21. The summed E-state index contributed by atoms with van der Waals surface area (Å²) in [5.41, 5.74) is -1.02. The van der Waals surface area contributed by atoms with Crippen molar-refractivity contribution in [1.82, 2.24) is 4.90 Å². The van der Waals surface area contributed by atoms with Crippen LogP contribution in [-0.2, 0) is 14.3 Å². The highest BCUT2D eigenvalue weighted by atomic mass is 16.5. The number of likely N-dealkylation sites (tertiary alicyclic amines) is 1. The van der Waals surface area contributed by atoms with Crippen LogP contribution >= 0.6 is 0 Å². The van der Waals surface area contributed by atoms with Gasteiger partial charge in [0.15, 0.2) is 0 Å². The first-order valence-electron chi connectivity index (χ1n) is 5.21. The standard InChI is InChI=1S/C11H16N2O3/c1-11(2,7-12)10(15)13-5-4-8(6-13)9(14)16-3/h8H,4-6H2,1-3H3. The molecule has 0 radical (unpaired) electrons. The maximum atomic E-state index is 11.9. The van der Waals surface area contributed by atoms with Crippen LogP contribution in [0.15, 0.2) is 0 Å². The third-order valence-electron chi connectivity index (χ3n) is 2.82. The molecule has 1 aliphatic rings. The molecule has 1 aliphatic heterocycles. The van der Waals surface area contributed by atoms with Crippen molar-refractivity contribution in [3.63, 3.8) is 0 Å². The van der Waals surface area contributed by atoms with Gasteiger partial charge in [-0.05, 0) is 20.3 Å². The molecule has 0 bridgehead atoms. The van der Waals surface area contributed by atoms with Gasteiger partial charge in [-0.25, -0.2) is 0 Å². The molecule has 0 N–H and O–H groups in total. The molecular weight excluding hydrogens is 208 g/mol. The minimum atomic E-state index is -1.02. The molecule has 0 aromatic carbocycles. The molecule has 1 saturated heterocycles. The number of carbonyl (C=O) groups excluding carboxylic acids is 2. The van der Waals surface area contributed by atoms with Crippen molar-refractivity contribution in [2.24, 2.45) is 11.3 Å². The average Bonchev–Trinajstić information content (AvgIpc) is 2.76. The molecule has 88 valence electrons. The Morgan fingerprint density at radius 3 is 2.62 bits per heavy atom. The summed E-state index contributed by atoms with van der Waals surface area (Å²) in [6, 6.07) is 1.97. The van der Waals surface area contributed by atoms with Gasteiger partial charge in [0, 0.05) is 13.1 Å². The lowest BCUT2D eigenvalue weighted by Gasteiger charge is -2.23. The molecule has 1 amide bonds. The minimum Gasteiger partial charge on any atom is -0.469 e. The van der Waals surface area contributed by atoms with Gasteiger partial charge < -0.3 is 9.64 Å². The summed E-state index contributed by atoms with van der Waals surface area (Å²) in [7, 11) is 1.34. The van der Waals surface area contributed by atoms with Crippen molar-refractivity contribution in [2.75, 3.05) is 20.2 Å². The average molecular weight is 224 g/mol. The number of hydrogen-bond acceptors (Lipinski definition) is 4. The fourth-order valence-electron chi connectivity index (χ4n) is 1.75. The predicted molar refractivity (Wildman–Crippen MR) is 56.1 cm³/mol.